The van der Waals surface area contributed by atoms with Crippen LogP contribution in [-0.4, -0.2) is 42.8 Å². The third-order valence-corrected chi connectivity index (χ3v) is 5.68. The summed E-state index contributed by atoms with van der Waals surface area (Å²) in [6, 6.07) is 21.1. The molecule has 0 N–H and O–H groups in total. The molecular formula is C27H26N5O4+. The van der Waals surface area contributed by atoms with E-state index in [4.69, 9.17) is 4.74 Å². The zero-order valence-corrected chi connectivity index (χ0v) is 20.2. The summed E-state index contributed by atoms with van der Waals surface area (Å²) in [5, 5.41) is 15.6. The topological polar surface area (TPSA) is 93.8 Å². The number of methoxy groups -OCH3 is 1. The Morgan fingerprint density at radius 2 is 1.72 bits per heavy atom. The van der Waals surface area contributed by atoms with Crippen LogP contribution in [0.2, 0.25) is 0 Å². The summed E-state index contributed by atoms with van der Waals surface area (Å²) in [6.45, 7) is 0.0409. The standard InChI is InChI=1S/C27H26N5O4/c1-29(2)23-10-4-20(5-11-23)18-28-31-17-16-30(27(31)22-8-14-25(36-3)15-9-22)19-26(33)21-6-12-24(13-7-21)32(34)35/h4-18H,19H2,1-3H3/q+1. The van der Waals surface area contributed by atoms with Crippen molar-refractivity contribution in [2.24, 2.45) is 5.10 Å². The van der Waals surface area contributed by atoms with Crippen LogP contribution in [0.25, 0.3) is 11.4 Å². The van der Waals surface area contributed by atoms with Crippen molar-refractivity contribution in [3.05, 3.63) is 106 Å². The van der Waals surface area contributed by atoms with Gasteiger partial charge in [0.05, 0.1) is 23.8 Å². The van der Waals surface area contributed by atoms with Gasteiger partial charge in [0, 0.05) is 37.5 Å². The Hall–Kier alpha value is -4.79. The SMILES string of the molecule is COc1ccc(-c2n(N=Cc3ccc(N(C)C)cc3)cc[n+]2CC(=O)c2ccc([N+](=O)[O-])cc2)cc1. The predicted octanol–water partition coefficient (Wildman–Crippen LogP) is 4.19. The molecule has 0 aliphatic carbocycles. The molecule has 4 rings (SSSR count). The van der Waals surface area contributed by atoms with E-state index in [1.54, 1.807) is 35.0 Å². The highest BCUT2D eigenvalue weighted by Crippen LogP contribution is 2.21. The Morgan fingerprint density at radius 3 is 2.31 bits per heavy atom. The zero-order valence-electron chi connectivity index (χ0n) is 20.2. The summed E-state index contributed by atoms with van der Waals surface area (Å²) in [4.78, 5) is 25.5. The molecule has 1 aromatic heterocycles. The molecule has 0 saturated carbocycles. The number of carbonyl (C=O) groups excluding carboxylic acids is 1. The molecule has 0 bridgehead atoms. The fraction of sp³-hybridized carbons (Fsp3) is 0.148. The highest BCUT2D eigenvalue weighted by molar-refractivity contribution is 5.95. The third-order valence-electron chi connectivity index (χ3n) is 5.68. The van der Waals surface area contributed by atoms with Crippen LogP contribution >= 0.6 is 0 Å². The number of imidazole rings is 1. The molecule has 0 saturated heterocycles. The van der Waals surface area contributed by atoms with E-state index in [-0.39, 0.29) is 18.0 Å². The van der Waals surface area contributed by atoms with Gasteiger partial charge in [-0.15, -0.1) is 4.68 Å². The van der Waals surface area contributed by atoms with Crippen molar-refractivity contribution in [2.45, 2.75) is 6.54 Å². The number of rotatable bonds is 9. The van der Waals surface area contributed by atoms with Gasteiger partial charge in [-0.2, -0.15) is 0 Å². The third kappa shape index (κ3) is 5.47. The van der Waals surface area contributed by atoms with Gasteiger partial charge in [0.1, 0.15) is 11.9 Å². The number of Topliss-reactive ketones (excluding diaryl/α,β-unsaturated/α-hetero) is 1. The van der Waals surface area contributed by atoms with Crippen LogP contribution in [0, 0.1) is 10.1 Å². The van der Waals surface area contributed by atoms with Crippen LogP contribution in [0.15, 0.2) is 90.3 Å². The lowest BCUT2D eigenvalue weighted by Crippen LogP contribution is -2.38. The first-order valence-electron chi connectivity index (χ1n) is 11.2. The second-order valence-corrected chi connectivity index (χ2v) is 8.28. The van der Waals surface area contributed by atoms with Crippen molar-refractivity contribution in [3.8, 4) is 17.1 Å². The number of carbonyl (C=O) groups is 1. The first-order valence-corrected chi connectivity index (χ1v) is 11.2. The van der Waals surface area contributed by atoms with Gasteiger partial charge in [-0.3, -0.25) is 14.9 Å². The van der Waals surface area contributed by atoms with E-state index in [0.717, 1.165) is 22.6 Å². The fourth-order valence-corrected chi connectivity index (χ4v) is 3.68. The maximum absolute atomic E-state index is 13.0. The Balaban J connectivity index is 1.66. The highest BCUT2D eigenvalue weighted by Gasteiger charge is 2.23. The molecule has 0 unspecified atom stereocenters. The quantitative estimate of drug-likeness (QED) is 0.117. The van der Waals surface area contributed by atoms with Gasteiger partial charge < -0.3 is 9.64 Å². The van der Waals surface area contributed by atoms with Crippen LogP contribution in [0.5, 0.6) is 5.75 Å². The summed E-state index contributed by atoms with van der Waals surface area (Å²) in [7, 11) is 5.58. The van der Waals surface area contributed by atoms with Crippen molar-refractivity contribution < 1.29 is 19.0 Å². The summed E-state index contributed by atoms with van der Waals surface area (Å²) >= 11 is 0. The number of nitro groups is 1. The van der Waals surface area contributed by atoms with Crippen molar-refractivity contribution in [1.29, 1.82) is 0 Å². The van der Waals surface area contributed by atoms with Gasteiger partial charge >= 0.3 is 5.82 Å². The molecule has 9 heteroatoms. The van der Waals surface area contributed by atoms with Crippen LogP contribution in [-0.2, 0) is 6.54 Å². The van der Waals surface area contributed by atoms with E-state index in [1.807, 2.05) is 67.5 Å². The number of ketones is 1. The number of nitro benzene ring substituents is 1. The molecule has 0 atom stereocenters. The average Bonchev–Trinajstić information content (AvgIpc) is 3.29. The van der Waals surface area contributed by atoms with Crippen molar-refractivity contribution in [2.75, 3.05) is 26.1 Å². The molecular weight excluding hydrogens is 458 g/mol. The lowest BCUT2D eigenvalue weighted by Gasteiger charge is -2.11. The summed E-state index contributed by atoms with van der Waals surface area (Å²) < 4.78 is 8.80. The zero-order chi connectivity index (χ0) is 25.7. The lowest BCUT2D eigenvalue weighted by molar-refractivity contribution is -0.671. The van der Waals surface area contributed by atoms with Crippen molar-refractivity contribution in [3.63, 3.8) is 0 Å². The van der Waals surface area contributed by atoms with Crippen LogP contribution in [0.1, 0.15) is 15.9 Å². The highest BCUT2D eigenvalue weighted by atomic mass is 16.6. The molecule has 0 amide bonds. The molecule has 1 heterocycles. The lowest BCUT2D eigenvalue weighted by atomic mass is 10.1. The minimum Gasteiger partial charge on any atom is -0.497 e. The number of ether oxygens (including phenoxy) is 1. The van der Waals surface area contributed by atoms with Crippen LogP contribution in [0.3, 0.4) is 0 Å². The smallest absolute Gasteiger partial charge is 0.314 e. The van der Waals surface area contributed by atoms with Crippen LogP contribution in [0.4, 0.5) is 11.4 Å². The van der Waals surface area contributed by atoms with Gasteiger partial charge in [0.2, 0.25) is 5.78 Å². The van der Waals surface area contributed by atoms with E-state index in [2.05, 4.69) is 5.10 Å². The maximum atomic E-state index is 13.0. The molecule has 182 valence electrons. The van der Waals surface area contributed by atoms with E-state index >= 15 is 0 Å². The molecule has 0 spiro atoms. The second-order valence-electron chi connectivity index (χ2n) is 8.28. The number of hydrogen-bond donors (Lipinski definition) is 0. The largest absolute Gasteiger partial charge is 0.497 e. The van der Waals surface area contributed by atoms with Gasteiger partial charge in [0.15, 0.2) is 12.7 Å². The Labute approximate surface area is 208 Å². The van der Waals surface area contributed by atoms with Gasteiger partial charge in [0.25, 0.3) is 5.69 Å². The van der Waals surface area contributed by atoms with Crippen LogP contribution < -0.4 is 14.2 Å². The predicted molar refractivity (Wildman–Crippen MR) is 138 cm³/mol. The minimum atomic E-state index is -0.489. The normalized spacial score (nSPS) is 11.0. The number of nitrogens with zero attached hydrogens (tertiary/aromatic N) is 5. The molecule has 9 nitrogen and oxygen atoms in total. The second kappa shape index (κ2) is 10.6. The first-order chi connectivity index (χ1) is 17.4. The Kier molecular flexibility index (Phi) is 7.20. The number of aromatic nitrogens is 2. The van der Waals surface area contributed by atoms with E-state index in [0.29, 0.717) is 11.4 Å². The molecule has 36 heavy (non-hydrogen) atoms. The van der Waals surface area contributed by atoms with E-state index in [1.165, 1.54) is 24.3 Å². The Morgan fingerprint density at radius 1 is 1.06 bits per heavy atom. The maximum Gasteiger partial charge on any atom is 0.314 e. The van der Waals surface area contributed by atoms with Gasteiger partial charge in [-0.1, -0.05) is 17.2 Å². The molecule has 0 aliphatic rings. The number of anilines is 1. The number of hydrogen-bond acceptors (Lipinski definition) is 6. The van der Waals surface area contributed by atoms with Crippen molar-refractivity contribution in [1.82, 2.24) is 4.68 Å². The molecule has 0 fully saturated rings. The minimum absolute atomic E-state index is 0.0409. The molecule has 3 aromatic carbocycles. The number of non-ortho nitro benzene ring substituents is 1. The molecule has 0 aliphatic heterocycles. The fourth-order valence-electron chi connectivity index (χ4n) is 3.68. The summed E-state index contributed by atoms with van der Waals surface area (Å²) in [5.74, 6) is 1.24. The molecule has 4 aromatic rings. The average molecular weight is 485 g/mol. The summed E-state index contributed by atoms with van der Waals surface area (Å²) in [5.41, 5.74) is 3.21. The first kappa shape index (κ1) is 24.3. The Bertz CT molecular complexity index is 1390. The van der Waals surface area contributed by atoms with E-state index < -0.39 is 4.92 Å². The monoisotopic (exact) mass is 484 g/mol. The number of benzene rings is 3. The molecule has 0 radical (unpaired) electrons. The summed E-state index contributed by atoms with van der Waals surface area (Å²) in [6.07, 6.45) is 5.33. The van der Waals surface area contributed by atoms with Gasteiger partial charge in [-0.05, 0) is 54.1 Å². The van der Waals surface area contributed by atoms with Crippen molar-refractivity contribution >= 4 is 23.4 Å². The van der Waals surface area contributed by atoms with Gasteiger partial charge in [-0.25, -0.2) is 4.57 Å². The van der Waals surface area contributed by atoms with E-state index in [9.17, 15) is 14.9 Å².